The average molecular weight is 388 g/mol. The Labute approximate surface area is 168 Å². The molecule has 0 amide bonds. The molecule has 0 unspecified atom stereocenters. The molecule has 5 heteroatoms. The highest BCUT2D eigenvalue weighted by atomic mass is 32.2. The number of fused-ring (bicyclic) bond motifs is 1. The summed E-state index contributed by atoms with van der Waals surface area (Å²) in [5.41, 5.74) is 5.38. The molecular formula is C23H21N3OS. The molecule has 0 saturated heterocycles. The van der Waals surface area contributed by atoms with Gasteiger partial charge < -0.3 is 4.74 Å². The van der Waals surface area contributed by atoms with E-state index in [0.29, 0.717) is 6.61 Å². The van der Waals surface area contributed by atoms with Gasteiger partial charge in [-0.25, -0.2) is 9.50 Å². The first-order chi connectivity index (χ1) is 13.8. The van der Waals surface area contributed by atoms with Crippen LogP contribution in [0.2, 0.25) is 0 Å². The molecule has 0 aliphatic rings. The second-order valence-electron chi connectivity index (χ2n) is 6.28. The number of thioether (sulfide) groups is 1. The van der Waals surface area contributed by atoms with E-state index < -0.39 is 0 Å². The van der Waals surface area contributed by atoms with E-state index in [1.165, 1.54) is 5.56 Å². The summed E-state index contributed by atoms with van der Waals surface area (Å²) in [5.74, 6) is 1.73. The summed E-state index contributed by atoms with van der Waals surface area (Å²) in [6.45, 7) is 6.44. The summed E-state index contributed by atoms with van der Waals surface area (Å²) in [7, 11) is 0. The van der Waals surface area contributed by atoms with Crippen molar-refractivity contribution in [2.75, 3.05) is 6.61 Å². The minimum absolute atomic E-state index is 0.663. The number of rotatable bonds is 7. The van der Waals surface area contributed by atoms with E-state index in [4.69, 9.17) is 9.84 Å². The third-order valence-corrected chi connectivity index (χ3v) is 5.47. The minimum Gasteiger partial charge on any atom is -0.494 e. The Morgan fingerprint density at radius 2 is 1.89 bits per heavy atom. The molecule has 0 aliphatic heterocycles. The molecule has 4 aromatic rings. The predicted molar refractivity (Wildman–Crippen MR) is 116 cm³/mol. The van der Waals surface area contributed by atoms with E-state index >= 15 is 0 Å². The maximum Gasteiger partial charge on any atom is 0.122 e. The van der Waals surface area contributed by atoms with Gasteiger partial charge >= 0.3 is 0 Å². The number of aromatic nitrogens is 3. The van der Waals surface area contributed by atoms with Crippen LogP contribution >= 0.6 is 11.8 Å². The SMILES string of the molecule is C=Cc1ccc(CSc2nccn3nc(-c4ccc(OCC)cc4)cc23)cc1. The van der Waals surface area contributed by atoms with Crippen molar-refractivity contribution in [3.63, 3.8) is 0 Å². The zero-order chi connectivity index (χ0) is 19.3. The molecule has 4 nitrogen and oxygen atoms in total. The van der Waals surface area contributed by atoms with Crippen molar-refractivity contribution in [3.05, 3.63) is 84.7 Å². The fourth-order valence-corrected chi connectivity index (χ4v) is 3.87. The van der Waals surface area contributed by atoms with Gasteiger partial charge in [-0.1, -0.05) is 48.7 Å². The van der Waals surface area contributed by atoms with Crippen LogP contribution in [-0.2, 0) is 5.75 Å². The first kappa shape index (κ1) is 18.3. The smallest absolute Gasteiger partial charge is 0.122 e. The first-order valence-electron chi connectivity index (χ1n) is 9.18. The lowest BCUT2D eigenvalue weighted by Gasteiger charge is -2.03. The number of hydrogen-bond donors (Lipinski definition) is 0. The maximum absolute atomic E-state index is 5.52. The highest BCUT2D eigenvalue weighted by Gasteiger charge is 2.10. The number of ether oxygens (including phenoxy) is 1. The van der Waals surface area contributed by atoms with Crippen LogP contribution in [0.3, 0.4) is 0 Å². The number of hydrogen-bond acceptors (Lipinski definition) is 4. The van der Waals surface area contributed by atoms with E-state index in [2.05, 4.69) is 41.9 Å². The Morgan fingerprint density at radius 3 is 2.61 bits per heavy atom. The largest absolute Gasteiger partial charge is 0.494 e. The molecular weight excluding hydrogens is 366 g/mol. The van der Waals surface area contributed by atoms with E-state index in [9.17, 15) is 0 Å². The van der Waals surface area contributed by atoms with Crippen molar-refractivity contribution < 1.29 is 4.74 Å². The second-order valence-corrected chi connectivity index (χ2v) is 7.25. The van der Waals surface area contributed by atoms with Gasteiger partial charge in [0.2, 0.25) is 0 Å². The van der Waals surface area contributed by atoms with Gasteiger partial charge in [-0.15, -0.1) is 0 Å². The summed E-state index contributed by atoms with van der Waals surface area (Å²) in [4.78, 5) is 4.57. The van der Waals surface area contributed by atoms with Crippen molar-refractivity contribution in [3.8, 4) is 17.0 Å². The van der Waals surface area contributed by atoms with Gasteiger partial charge in [-0.05, 0) is 48.4 Å². The zero-order valence-corrected chi connectivity index (χ0v) is 16.5. The molecule has 2 aromatic heterocycles. The van der Waals surface area contributed by atoms with Crippen molar-refractivity contribution in [1.82, 2.24) is 14.6 Å². The average Bonchev–Trinajstić information content (AvgIpc) is 3.18. The topological polar surface area (TPSA) is 39.4 Å². The minimum atomic E-state index is 0.663. The molecule has 28 heavy (non-hydrogen) atoms. The molecule has 0 bridgehead atoms. The molecule has 0 radical (unpaired) electrons. The quantitative estimate of drug-likeness (QED) is 0.380. The van der Waals surface area contributed by atoms with Crippen molar-refractivity contribution >= 4 is 23.4 Å². The van der Waals surface area contributed by atoms with Gasteiger partial charge in [0.05, 0.1) is 17.8 Å². The van der Waals surface area contributed by atoms with Crippen LogP contribution in [0.25, 0.3) is 22.9 Å². The van der Waals surface area contributed by atoms with Crippen LogP contribution in [-0.4, -0.2) is 21.2 Å². The summed E-state index contributed by atoms with van der Waals surface area (Å²) < 4.78 is 7.41. The van der Waals surface area contributed by atoms with Crippen molar-refractivity contribution in [1.29, 1.82) is 0 Å². The zero-order valence-electron chi connectivity index (χ0n) is 15.7. The third kappa shape index (κ3) is 3.94. The molecule has 0 aliphatic carbocycles. The van der Waals surface area contributed by atoms with Crippen molar-refractivity contribution in [2.45, 2.75) is 17.7 Å². The Kier molecular flexibility index (Phi) is 5.44. The van der Waals surface area contributed by atoms with Gasteiger partial charge in [0.25, 0.3) is 0 Å². The van der Waals surface area contributed by atoms with Crippen LogP contribution < -0.4 is 4.74 Å². The van der Waals surface area contributed by atoms with Gasteiger partial charge in [0, 0.05) is 23.7 Å². The summed E-state index contributed by atoms with van der Waals surface area (Å²) in [6, 6.07) is 18.5. The lowest BCUT2D eigenvalue weighted by Crippen LogP contribution is -1.92. The highest BCUT2D eigenvalue weighted by Crippen LogP contribution is 2.29. The molecule has 0 spiro atoms. The Morgan fingerprint density at radius 1 is 1.11 bits per heavy atom. The first-order valence-corrected chi connectivity index (χ1v) is 10.2. The van der Waals surface area contributed by atoms with Crippen molar-refractivity contribution in [2.24, 2.45) is 0 Å². The van der Waals surface area contributed by atoms with E-state index in [1.807, 2.05) is 48.0 Å². The Hall–Kier alpha value is -3.05. The molecule has 2 heterocycles. The van der Waals surface area contributed by atoms with Crippen LogP contribution in [0.1, 0.15) is 18.1 Å². The number of benzene rings is 2. The van der Waals surface area contributed by atoms with Crippen LogP contribution in [0.5, 0.6) is 5.75 Å². The fraction of sp³-hybridized carbons (Fsp3) is 0.130. The highest BCUT2D eigenvalue weighted by molar-refractivity contribution is 7.98. The lowest BCUT2D eigenvalue weighted by molar-refractivity contribution is 0.340. The lowest BCUT2D eigenvalue weighted by atomic mass is 10.1. The molecule has 0 atom stereocenters. The predicted octanol–water partition coefficient (Wildman–Crippen LogP) is 5.73. The Balaban J connectivity index is 1.56. The van der Waals surface area contributed by atoms with E-state index in [-0.39, 0.29) is 0 Å². The molecule has 0 N–H and O–H groups in total. The summed E-state index contributed by atoms with van der Waals surface area (Å²) in [6.07, 6.45) is 5.54. The molecule has 140 valence electrons. The van der Waals surface area contributed by atoms with Gasteiger partial charge in [0.15, 0.2) is 0 Å². The molecule has 2 aromatic carbocycles. The molecule has 4 rings (SSSR count). The monoisotopic (exact) mass is 387 g/mol. The van der Waals surface area contributed by atoms with Crippen LogP contribution in [0.15, 0.2) is 78.6 Å². The molecule has 0 fully saturated rings. The van der Waals surface area contributed by atoms with Gasteiger partial charge in [-0.2, -0.15) is 5.10 Å². The van der Waals surface area contributed by atoms with Gasteiger partial charge in [0.1, 0.15) is 10.8 Å². The standard InChI is InChI=1S/C23H21N3OS/c1-3-17-5-7-18(8-6-17)16-28-23-22-15-21(25-26(22)14-13-24-23)19-9-11-20(12-10-19)27-4-2/h3,5-15H,1,4,16H2,2H3. The third-order valence-electron chi connectivity index (χ3n) is 4.41. The number of nitrogens with zero attached hydrogens (tertiary/aromatic N) is 3. The van der Waals surface area contributed by atoms with Crippen LogP contribution in [0.4, 0.5) is 0 Å². The van der Waals surface area contributed by atoms with E-state index in [0.717, 1.165) is 38.9 Å². The summed E-state index contributed by atoms with van der Waals surface area (Å²) in [5, 5.41) is 5.68. The molecule has 0 saturated carbocycles. The van der Waals surface area contributed by atoms with Crippen LogP contribution in [0, 0.1) is 0 Å². The Bertz CT molecular complexity index is 1090. The van der Waals surface area contributed by atoms with Gasteiger partial charge in [-0.3, -0.25) is 0 Å². The fourth-order valence-electron chi connectivity index (χ4n) is 2.94. The van der Waals surface area contributed by atoms with E-state index in [1.54, 1.807) is 18.0 Å². The normalized spacial score (nSPS) is 10.9. The summed E-state index contributed by atoms with van der Waals surface area (Å²) >= 11 is 1.72. The maximum atomic E-state index is 5.52. The second kappa shape index (κ2) is 8.31.